The van der Waals surface area contributed by atoms with Crippen LogP contribution in [0, 0.1) is 5.92 Å². The summed E-state index contributed by atoms with van der Waals surface area (Å²) in [7, 11) is 1.72. The highest BCUT2D eigenvalue weighted by atomic mass is 16.5. The summed E-state index contributed by atoms with van der Waals surface area (Å²) in [6.07, 6.45) is 5.01. The summed E-state index contributed by atoms with van der Waals surface area (Å²) in [6, 6.07) is 0.453. The predicted molar refractivity (Wildman–Crippen MR) is 69.4 cm³/mol. The molecule has 1 saturated heterocycles. The molecule has 102 valence electrons. The number of hydrogen-bond donors (Lipinski definition) is 1. The normalized spacial score (nSPS) is 21.3. The first-order valence-electron chi connectivity index (χ1n) is 6.61. The van der Waals surface area contributed by atoms with Gasteiger partial charge in [0, 0.05) is 45.0 Å². The Labute approximate surface area is 108 Å². The van der Waals surface area contributed by atoms with Crippen molar-refractivity contribution in [2.75, 3.05) is 33.5 Å². The van der Waals surface area contributed by atoms with E-state index in [4.69, 9.17) is 9.47 Å². The molecule has 2 rings (SSSR count). The van der Waals surface area contributed by atoms with Gasteiger partial charge in [-0.3, -0.25) is 0 Å². The molecule has 0 bridgehead atoms. The number of ether oxygens (including phenoxy) is 2. The highest BCUT2D eigenvalue weighted by molar-refractivity contribution is 5.00. The van der Waals surface area contributed by atoms with Gasteiger partial charge in [0.25, 0.3) is 0 Å². The second-order valence-corrected chi connectivity index (χ2v) is 4.83. The lowest BCUT2D eigenvalue weighted by Crippen LogP contribution is -2.23. The van der Waals surface area contributed by atoms with Crippen molar-refractivity contribution in [3.63, 3.8) is 0 Å². The van der Waals surface area contributed by atoms with E-state index in [9.17, 15) is 0 Å². The van der Waals surface area contributed by atoms with Gasteiger partial charge < -0.3 is 19.4 Å². The van der Waals surface area contributed by atoms with Crippen LogP contribution in [0.15, 0.2) is 12.5 Å². The maximum atomic E-state index is 5.46. The Morgan fingerprint density at radius 3 is 3.28 bits per heavy atom. The predicted octanol–water partition coefficient (Wildman–Crippen LogP) is 1.22. The lowest BCUT2D eigenvalue weighted by Gasteiger charge is -2.21. The first-order valence-corrected chi connectivity index (χ1v) is 6.61. The van der Waals surface area contributed by atoms with Crippen LogP contribution in [0.3, 0.4) is 0 Å². The monoisotopic (exact) mass is 253 g/mol. The van der Waals surface area contributed by atoms with E-state index in [1.807, 2.05) is 12.5 Å². The van der Waals surface area contributed by atoms with Crippen LogP contribution >= 0.6 is 0 Å². The van der Waals surface area contributed by atoms with Crippen molar-refractivity contribution >= 4 is 0 Å². The van der Waals surface area contributed by atoms with Gasteiger partial charge in [0.1, 0.15) is 0 Å². The van der Waals surface area contributed by atoms with Crippen LogP contribution < -0.4 is 5.32 Å². The third-order valence-electron chi connectivity index (χ3n) is 3.62. The molecule has 0 aliphatic carbocycles. The number of nitrogens with one attached hydrogen (secondary N) is 1. The highest BCUT2D eigenvalue weighted by Crippen LogP contribution is 2.26. The Balaban J connectivity index is 1.89. The SMILES string of the molecule is COCCNCc1cncn1C(C)C1CCOC1. The van der Waals surface area contributed by atoms with Gasteiger partial charge in [-0.1, -0.05) is 0 Å². The van der Waals surface area contributed by atoms with Gasteiger partial charge in [-0.2, -0.15) is 0 Å². The number of methoxy groups -OCH3 is 1. The smallest absolute Gasteiger partial charge is 0.0951 e. The maximum absolute atomic E-state index is 5.46. The summed E-state index contributed by atoms with van der Waals surface area (Å²) in [5, 5.41) is 3.36. The third-order valence-corrected chi connectivity index (χ3v) is 3.62. The Morgan fingerprint density at radius 1 is 1.67 bits per heavy atom. The standard InChI is InChI=1S/C13H23N3O2/c1-11(12-3-5-18-9-12)16-10-15-8-13(16)7-14-4-6-17-2/h8,10-12,14H,3-7,9H2,1-2H3. The molecule has 0 aromatic carbocycles. The minimum Gasteiger partial charge on any atom is -0.383 e. The molecule has 0 saturated carbocycles. The highest BCUT2D eigenvalue weighted by Gasteiger charge is 2.24. The zero-order valence-corrected chi connectivity index (χ0v) is 11.3. The average molecular weight is 253 g/mol. The largest absolute Gasteiger partial charge is 0.383 e. The molecule has 1 N–H and O–H groups in total. The number of nitrogens with zero attached hydrogens (tertiary/aromatic N) is 2. The van der Waals surface area contributed by atoms with Crippen LogP contribution in [0.5, 0.6) is 0 Å². The third kappa shape index (κ3) is 3.31. The van der Waals surface area contributed by atoms with Gasteiger partial charge in [-0.25, -0.2) is 4.98 Å². The van der Waals surface area contributed by atoms with Crippen molar-refractivity contribution in [2.45, 2.75) is 25.9 Å². The molecule has 5 nitrogen and oxygen atoms in total. The molecular formula is C13H23N3O2. The van der Waals surface area contributed by atoms with Gasteiger partial charge in [-0.05, 0) is 13.3 Å². The van der Waals surface area contributed by atoms with Crippen LogP contribution in [0.2, 0.25) is 0 Å². The van der Waals surface area contributed by atoms with Gasteiger partial charge in [-0.15, -0.1) is 0 Å². The van der Waals surface area contributed by atoms with Gasteiger partial charge >= 0.3 is 0 Å². The molecule has 1 aromatic heterocycles. The fourth-order valence-electron chi connectivity index (χ4n) is 2.39. The maximum Gasteiger partial charge on any atom is 0.0951 e. The summed E-state index contributed by atoms with van der Waals surface area (Å²) in [6.45, 7) is 6.45. The van der Waals surface area contributed by atoms with Crippen molar-refractivity contribution in [1.29, 1.82) is 0 Å². The molecule has 1 aromatic rings. The van der Waals surface area contributed by atoms with E-state index in [0.717, 1.165) is 39.3 Å². The second-order valence-electron chi connectivity index (χ2n) is 4.83. The number of rotatable bonds is 7. The molecule has 2 heterocycles. The van der Waals surface area contributed by atoms with E-state index in [0.29, 0.717) is 12.0 Å². The van der Waals surface area contributed by atoms with E-state index < -0.39 is 0 Å². The fourth-order valence-corrected chi connectivity index (χ4v) is 2.39. The molecule has 0 radical (unpaired) electrons. The topological polar surface area (TPSA) is 48.3 Å². The minimum absolute atomic E-state index is 0.453. The van der Waals surface area contributed by atoms with E-state index in [2.05, 4.69) is 21.8 Å². The summed E-state index contributed by atoms with van der Waals surface area (Å²) in [4.78, 5) is 4.26. The first-order chi connectivity index (χ1) is 8.83. The van der Waals surface area contributed by atoms with E-state index >= 15 is 0 Å². The van der Waals surface area contributed by atoms with E-state index in [1.165, 1.54) is 5.69 Å². The Kier molecular flexibility index (Phi) is 5.16. The number of imidazole rings is 1. The minimum atomic E-state index is 0.453. The van der Waals surface area contributed by atoms with Crippen LogP contribution in [0.4, 0.5) is 0 Å². The molecule has 0 spiro atoms. The molecular weight excluding hydrogens is 230 g/mol. The van der Waals surface area contributed by atoms with Gasteiger partial charge in [0.2, 0.25) is 0 Å². The number of hydrogen-bond acceptors (Lipinski definition) is 4. The molecule has 1 aliphatic rings. The summed E-state index contributed by atoms with van der Waals surface area (Å²) in [5.74, 6) is 0.608. The molecule has 2 atom stereocenters. The van der Waals surface area contributed by atoms with E-state index in [1.54, 1.807) is 7.11 Å². The second kappa shape index (κ2) is 6.87. The zero-order chi connectivity index (χ0) is 12.8. The van der Waals surface area contributed by atoms with Crippen LogP contribution in [-0.4, -0.2) is 43.0 Å². The van der Waals surface area contributed by atoms with Crippen LogP contribution in [-0.2, 0) is 16.0 Å². The van der Waals surface area contributed by atoms with Crippen molar-refractivity contribution in [2.24, 2.45) is 5.92 Å². The fraction of sp³-hybridized carbons (Fsp3) is 0.769. The quantitative estimate of drug-likeness (QED) is 0.742. The van der Waals surface area contributed by atoms with Gasteiger partial charge in [0.05, 0.1) is 25.2 Å². The Morgan fingerprint density at radius 2 is 2.56 bits per heavy atom. The zero-order valence-electron chi connectivity index (χ0n) is 11.3. The lowest BCUT2D eigenvalue weighted by atomic mass is 10.0. The summed E-state index contributed by atoms with van der Waals surface area (Å²) >= 11 is 0. The Bertz CT molecular complexity index is 348. The first kappa shape index (κ1) is 13.5. The van der Waals surface area contributed by atoms with Crippen molar-refractivity contribution < 1.29 is 9.47 Å². The summed E-state index contributed by atoms with van der Waals surface area (Å²) < 4.78 is 12.7. The summed E-state index contributed by atoms with van der Waals surface area (Å²) in [5.41, 5.74) is 1.23. The van der Waals surface area contributed by atoms with E-state index in [-0.39, 0.29) is 0 Å². The Hall–Kier alpha value is -0.910. The molecule has 0 amide bonds. The van der Waals surface area contributed by atoms with Crippen molar-refractivity contribution in [3.05, 3.63) is 18.2 Å². The molecule has 5 heteroatoms. The van der Waals surface area contributed by atoms with Crippen LogP contribution in [0.25, 0.3) is 0 Å². The lowest BCUT2D eigenvalue weighted by molar-refractivity contribution is 0.174. The number of aromatic nitrogens is 2. The average Bonchev–Trinajstić information content (AvgIpc) is 3.04. The molecule has 2 unspecified atom stereocenters. The van der Waals surface area contributed by atoms with Gasteiger partial charge in [0.15, 0.2) is 0 Å². The van der Waals surface area contributed by atoms with Crippen LogP contribution in [0.1, 0.15) is 25.1 Å². The molecule has 1 fully saturated rings. The molecule has 18 heavy (non-hydrogen) atoms. The van der Waals surface area contributed by atoms with Crippen molar-refractivity contribution in [1.82, 2.24) is 14.9 Å². The van der Waals surface area contributed by atoms with Crippen molar-refractivity contribution in [3.8, 4) is 0 Å². The molecule has 1 aliphatic heterocycles.